The second-order valence-corrected chi connectivity index (χ2v) is 4.45. The van der Waals surface area contributed by atoms with E-state index < -0.39 is 17.5 Å². The lowest BCUT2D eigenvalue weighted by Gasteiger charge is -2.37. The van der Waals surface area contributed by atoms with Crippen molar-refractivity contribution in [2.24, 2.45) is 0 Å². The van der Waals surface area contributed by atoms with E-state index >= 15 is 0 Å². The number of carbonyl (C=O) groups excluding carboxylic acids is 2. The quantitative estimate of drug-likeness (QED) is 0.488. The van der Waals surface area contributed by atoms with Gasteiger partial charge in [0, 0.05) is 12.7 Å². The van der Waals surface area contributed by atoms with Crippen molar-refractivity contribution in [2.45, 2.75) is 19.4 Å². The zero-order valence-corrected chi connectivity index (χ0v) is 11.1. The van der Waals surface area contributed by atoms with E-state index in [0.717, 1.165) is 0 Å². The molecule has 6 heteroatoms. The smallest absolute Gasteiger partial charge is 0.360 e. The van der Waals surface area contributed by atoms with Gasteiger partial charge in [-0.15, -0.1) is 0 Å². The number of nitrogen functional groups attached to an aromatic ring is 1. The van der Waals surface area contributed by atoms with Gasteiger partial charge < -0.3 is 20.1 Å². The number of likely N-dealkylation sites (N-methyl/N-ethyl adjacent to an activating group) is 1. The van der Waals surface area contributed by atoms with Gasteiger partial charge in [0.25, 0.3) is 11.5 Å². The molecule has 1 aromatic carbocycles. The normalized spacial score (nSPS) is 21.6. The van der Waals surface area contributed by atoms with Gasteiger partial charge in [0.1, 0.15) is 5.75 Å². The highest BCUT2D eigenvalue weighted by atomic mass is 16.6. The SMILES string of the molecule is CCOC(=O)C1(C)Oc2ccc(N)cc2N(C)C1=O. The molecule has 1 amide bonds. The number of anilines is 2. The number of rotatable bonds is 2. The summed E-state index contributed by atoms with van der Waals surface area (Å²) in [5.74, 6) is -0.759. The monoisotopic (exact) mass is 264 g/mol. The summed E-state index contributed by atoms with van der Waals surface area (Å²) in [5.41, 5.74) is 5.07. The van der Waals surface area contributed by atoms with Crippen molar-refractivity contribution in [1.82, 2.24) is 0 Å². The molecule has 0 radical (unpaired) electrons. The molecule has 6 nitrogen and oxygen atoms in total. The molecule has 1 aromatic rings. The second kappa shape index (κ2) is 4.46. The van der Waals surface area contributed by atoms with Crippen LogP contribution in [-0.4, -0.2) is 31.1 Å². The van der Waals surface area contributed by atoms with Crippen LogP contribution in [0.1, 0.15) is 13.8 Å². The van der Waals surface area contributed by atoms with Gasteiger partial charge in [-0.05, 0) is 32.0 Å². The van der Waals surface area contributed by atoms with Gasteiger partial charge in [-0.2, -0.15) is 0 Å². The average molecular weight is 264 g/mol. The van der Waals surface area contributed by atoms with Crippen LogP contribution in [0.3, 0.4) is 0 Å². The molecule has 102 valence electrons. The largest absolute Gasteiger partial charge is 0.464 e. The zero-order valence-electron chi connectivity index (χ0n) is 11.1. The molecule has 2 rings (SSSR count). The van der Waals surface area contributed by atoms with Crippen molar-refractivity contribution < 1.29 is 19.1 Å². The van der Waals surface area contributed by atoms with Gasteiger partial charge >= 0.3 is 5.97 Å². The highest BCUT2D eigenvalue weighted by molar-refractivity contribution is 6.14. The van der Waals surface area contributed by atoms with Crippen LogP contribution in [0.15, 0.2) is 18.2 Å². The summed E-state index contributed by atoms with van der Waals surface area (Å²) >= 11 is 0. The van der Waals surface area contributed by atoms with Gasteiger partial charge in [0.05, 0.1) is 12.3 Å². The number of esters is 1. The Morgan fingerprint density at radius 1 is 1.53 bits per heavy atom. The molecule has 1 atom stereocenters. The van der Waals surface area contributed by atoms with E-state index in [9.17, 15) is 9.59 Å². The molecule has 1 aliphatic heterocycles. The number of ether oxygens (including phenoxy) is 2. The highest BCUT2D eigenvalue weighted by Crippen LogP contribution is 2.38. The number of amides is 1. The summed E-state index contributed by atoms with van der Waals surface area (Å²) in [6.45, 7) is 3.26. The number of nitrogens with zero attached hydrogens (tertiary/aromatic N) is 1. The second-order valence-electron chi connectivity index (χ2n) is 4.45. The Kier molecular flexibility index (Phi) is 3.09. The summed E-state index contributed by atoms with van der Waals surface area (Å²) in [6, 6.07) is 4.90. The Hall–Kier alpha value is -2.24. The van der Waals surface area contributed by atoms with Crippen LogP contribution >= 0.6 is 0 Å². The minimum Gasteiger partial charge on any atom is -0.464 e. The standard InChI is InChI=1S/C13H16N2O4/c1-4-18-12(17)13(2)11(16)15(3)9-7-8(14)5-6-10(9)19-13/h5-7H,4,14H2,1-3H3. The number of carbonyl (C=O) groups is 2. The third-order valence-corrected chi connectivity index (χ3v) is 3.04. The first-order valence-electron chi connectivity index (χ1n) is 5.94. The fourth-order valence-corrected chi connectivity index (χ4v) is 1.97. The molecular weight excluding hydrogens is 248 g/mol. The van der Waals surface area contributed by atoms with Crippen LogP contribution in [0, 0.1) is 0 Å². The van der Waals surface area contributed by atoms with Crippen LogP contribution in [0.4, 0.5) is 11.4 Å². The van der Waals surface area contributed by atoms with Crippen molar-refractivity contribution in [3.05, 3.63) is 18.2 Å². The Bertz CT molecular complexity index is 543. The summed E-state index contributed by atoms with van der Waals surface area (Å²) in [4.78, 5) is 25.6. The van der Waals surface area contributed by atoms with E-state index in [4.69, 9.17) is 15.2 Å². The van der Waals surface area contributed by atoms with Gasteiger partial charge in [-0.25, -0.2) is 4.79 Å². The third kappa shape index (κ3) is 1.99. The van der Waals surface area contributed by atoms with Crippen LogP contribution in [0.2, 0.25) is 0 Å². The first-order chi connectivity index (χ1) is 8.90. The maximum atomic E-state index is 12.3. The van der Waals surface area contributed by atoms with Crippen LogP contribution in [0.25, 0.3) is 0 Å². The van der Waals surface area contributed by atoms with Crippen LogP contribution in [0.5, 0.6) is 5.75 Å². The number of nitrogens with two attached hydrogens (primary N) is 1. The fourth-order valence-electron chi connectivity index (χ4n) is 1.97. The van der Waals surface area contributed by atoms with E-state index in [-0.39, 0.29) is 6.61 Å². The molecule has 0 saturated heterocycles. The summed E-state index contributed by atoms with van der Waals surface area (Å²) < 4.78 is 10.5. The molecule has 1 aliphatic rings. The summed E-state index contributed by atoms with van der Waals surface area (Å²) in [6.07, 6.45) is 0. The first-order valence-corrected chi connectivity index (χ1v) is 5.94. The zero-order chi connectivity index (χ0) is 14.2. The Morgan fingerprint density at radius 3 is 2.84 bits per heavy atom. The van der Waals surface area contributed by atoms with Crippen LogP contribution < -0.4 is 15.4 Å². The maximum Gasteiger partial charge on any atom is 0.360 e. The molecule has 2 N–H and O–H groups in total. The van der Waals surface area contributed by atoms with Crippen molar-refractivity contribution in [2.75, 3.05) is 24.3 Å². The van der Waals surface area contributed by atoms with Crippen molar-refractivity contribution >= 4 is 23.3 Å². The number of benzene rings is 1. The van der Waals surface area contributed by atoms with Crippen molar-refractivity contribution in [1.29, 1.82) is 0 Å². The molecule has 0 bridgehead atoms. The topological polar surface area (TPSA) is 81.9 Å². The molecule has 0 fully saturated rings. The lowest BCUT2D eigenvalue weighted by Crippen LogP contribution is -2.58. The van der Waals surface area contributed by atoms with E-state index in [0.29, 0.717) is 17.1 Å². The minimum atomic E-state index is -1.66. The molecule has 0 aliphatic carbocycles. The van der Waals surface area contributed by atoms with Crippen LogP contribution in [-0.2, 0) is 14.3 Å². The van der Waals surface area contributed by atoms with Gasteiger partial charge in [0.15, 0.2) is 0 Å². The van der Waals surface area contributed by atoms with E-state index in [2.05, 4.69) is 0 Å². The van der Waals surface area contributed by atoms with Crippen molar-refractivity contribution in [3.63, 3.8) is 0 Å². The van der Waals surface area contributed by atoms with E-state index in [1.807, 2.05) is 0 Å². The summed E-state index contributed by atoms with van der Waals surface area (Å²) in [5, 5.41) is 0. The number of fused-ring (bicyclic) bond motifs is 1. The fraction of sp³-hybridized carbons (Fsp3) is 0.385. The Labute approximate surface area is 111 Å². The maximum absolute atomic E-state index is 12.3. The summed E-state index contributed by atoms with van der Waals surface area (Å²) in [7, 11) is 1.57. The van der Waals surface area contributed by atoms with Gasteiger partial charge in [0.2, 0.25) is 0 Å². The lowest BCUT2D eigenvalue weighted by molar-refractivity contribution is -0.166. The molecule has 1 heterocycles. The van der Waals surface area contributed by atoms with Gasteiger partial charge in [-0.1, -0.05) is 0 Å². The molecule has 19 heavy (non-hydrogen) atoms. The average Bonchev–Trinajstić information content (AvgIpc) is 2.38. The van der Waals surface area contributed by atoms with Gasteiger partial charge in [-0.3, -0.25) is 4.79 Å². The molecular formula is C13H16N2O4. The Morgan fingerprint density at radius 2 is 2.21 bits per heavy atom. The predicted octanol–water partition coefficient (Wildman–Crippen LogP) is 0.946. The van der Waals surface area contributed by atoms with E-state index in [1.54, 1.807) is 32.2 Å². The molecule has 0 saturated carbocycles. The predicted molar refractivity (Wildman–Crippen MR) is 69.9 cm³/mol. The number of hydrogen-bond acceptors (Lipinski definition) is 5. The Balaban J connectivity index is 2.45. The molecule has 1 unspecified atom stereocenters. The third-order valence-electron chi connectivity index (χ3n) is 3.04. The first kappa shape index (κ1) is 13.2. The van der Waals surface area contributed by atoms with Crippen molar-refractivity contribution in [3.8, 4) is 5.75 Å². The minimum absolute atomic E-state index is 0.184. The van der Waals surface area contributed by atoms with E-state index in [1.165, 1.54) is 11.8 Å². The molecule has 0 spiro atoms. The highest BCUT2D eigenvalue weighted by Gasteiger charge is 2.51. The lowest BCUT2D eigenvalue weighted by atomic mass is 10.0. The number of hydrogen-bond donors (Lipinski definition) is 1. The molecule has 0 aromatic heterocycles.